The van der Waals surface area contributed by atoms with E-state index in [1.54, 1.807) is 12.1 Å². The molecule has 0 bridgehead atoms. The lowest BCUT2D eigenvalue weighted by Gasteiger charge is -2.09. The number of non-ortho nitro benzene ring substituents is 1. The fourth-order valence-corrected chi connectivity index (χ4v) is 2.60. The van der Waals surface area contributed by atoms with Crippen LogP contribution in [-0.4, -0.2) is 15.8 Å². The van der Waals surface area contributed by atoms with Gasteiger partial charge in [0.05, 0.1) is 22.3 Å². The third-order valence-electron chi connectivity index (χ3n) is 3.29. The Balaban J connectivity index is 2.22. The van der Waals surface area contributed by atoms with Crippen LogP contribution in [0.25, 0.3) is 0 Å². The zero-order valence-corrected chi connectivity index (χ0v) is 14.1. The second-order valence-electron chi connectivity index (χ2n) is 5.01. The second-order valence-corrected chi connectivity index (χ2v) is 5.93. The standard InChI is InChI=1S/C15H12BrN3O5/c1-9-6-11(16)3-5-13(9)17-15(20)7-10-2-4-12(18(21)22)8-14(10)19(23)24/h2-6,8H,7H2,1H3,(H,17,20). The highest BCUT2D eigenvalue weighted by Crippen LogP contribution is 2.26. The summed E-state index contributed by atoms with van der Waals surface area (Å²) in [6, 6.07) is 8.51. The van der Waals surface area contributed by atoms with E-state index in [-0.39, 0.29) is 12.0 Å². The monoisotopic (exact) mass is 393 g/mol. The number of hydrogen-bond acceptors (Lipinski definition) is 5. The molecule has 0 aliphatic heterocycles. The number of aryl methyl sites for hydroxylation is 1. The quantitative estimate of drug-likeness (QED) is 0.613. The van der Waals surface area contributed by atoms with Gasteiger partial charge in [-0.2, -0.15) is 0 Å². The molecule has 9 heteroatoms. The minimum absolute atomic E-state index is 0.109. The van der Waals surface area contributed by atoms with E-state index in [1.165, 1.54) is 6.07 Å². The highest BCUT2D eigenvalue weighted by atomic mass is 79.9. The maximum absolute atomic E-state index is 12.1. The van der Waals surface area contributed by atoms with E-state index in [4.69, 9.17) is 0 Å². The van der Waals surface area contributed by atoms with Crippen molar-refractivity contribution in [3.05, 3.63) is 72.2 Å². The van der Waals surface area contributed by atoms with Gasteiger partial charge >= 0.3 is 0 Å². The van der Waals surface area contributed by atoms with Gasteiger partial charge in [0.15, 0.2) is 0 Å². The van der Waals surface area contributed by atoms with Crippen molar-refractivity contribution in [2.75, 3.05) is 5.32 Å². The average molecular weight is 394 g/mol. The molecule has 24 heavy (non-hydrogen) atoms. The number of nitro benzene ring substituents is 2. The largest absolute Gasteiger partial charge is 0.326 e. The van der Waals surface area contributed by atoms with Crippen molar-refractivity contribution in [2.45, 2.75) is 13.3 Å². The zero-order valence-electron chi connectivity index (χ0n) is 12.5. The van der Waals surface area contributed by atoms with Gasteiger partial charge in [0, 0.05) is 21.8 Å². The van der Waals surface area contributed by atoms with Gasteiger partial charge in [-0.3, -0.25) is 25.0 Å². The first-order valence-corrected chi connectivity index (χ1v) is 7.55. The molecular weight excluding hydrogens is 382 g/mol. The normalized spacial score (nSPS) is 10.2. The lowest BCUT2D eigenvalue weighted by atomic mass is 10.1. The van der Waals surface area contributed by atoms with Crippen LogP contribution < -0.4 is 5.32 Å². The van der Waals surface area contributed by atoms with E-state index in [0.29, 0.717) is 5.69 Å². The van der Waals surface area contributed by atoms with Crippen molar-refractivity contribution >= 4 is 38.9 Å². The van der Waals surface area contributed by atoms with Crippen LogP contribution in [0.5, 0.6) is 0 Å². The molecule has 2 aromatic carbocycles. The summed E-state index contributed by atoms with van der Waals surface area (Å²) in [5.74, 6) is -0.447. The summed E-state index contributed by atoms with van der Waals surface area (Å²) in [7, 11) is 0. The highest BCUT2D eigenvalue weighted by molar-refractivity contribution is 9.10. The average Bonchev–Trinajstić information content (AvgIpc) is 2.50. The van der Waals surface area contributed by atoms with E-state index < -0.39 is 27.1 Å². The van der Waals surface area contributed by atoms with Crippen LogP contribution in [0.15, 0.2) is 40.9 Å². The number of benzene rings is 2. The molecule has 0 saturated carbocycles. The van der Waals surface area contributed by atoms with Crippen LogP contribution in [0.3, 0.4) is 0 Å². The van der Waals surface area contributed by atoms with E-state index >= 15 is 0 Å². The Morgan fingerprint density at radius 1 is 1.12 bits per heavy atom. The number of nitro groups is 2. The number of nitrogens with zero attached hydrogens (tertiary/aromatic N) is 2. The molecule has 8 nitrogen and oxygen atoms in total. The molecule has 0 aromatic heterocycles. The Labute approximate surface area is 144 Å². The summed E-state index contributed by atoms with van der Waals surface area (Å²) < 4.78 is 0.865. The fourth-order valence-electron chi connectivity index (χ4n) is 2.12. The van der Waals surface area contributed by atoms with Crippen LogP contribution >= 0.6 is 15.9 Å². The number of carbonyl (C=O) groups excluding carboxylic acids is 1. The van der Waals surface area contributed by atoms with Crippen LogP contribution in [-0.2, 0) is 11.2 Å². The summed E-state index contributed by atoms with van der Waals surface area (Å²) in [4.78, 5) is 32.5. The van der Waals surface area contributed by atoms with Crippen LogP contribution in [0.1, 0.15) is 11.1 Å². The van der Waals surface area contributed by atoms with Crippen molar-refractivity contribution in [3.63, 3.8) is 0 Å². The molecular formula is C15H12BrN3O5. The van der Waals surface area contributed by atoms with Gasteiger partial charge in [-0.25, -0.2) is 0 Å². The molecule has 1 amide bonds. The lowest BCUT2D eigenvalue weighted by molar-refractivity contribution is -0.394. The highest BCUT2D eigenvalue weighted by Gasteiger charge is 2.21. The maximum atomic E-state index is 12.1. The Hall–Kier alpha value is -2.81. The lowest BCUT2D eigenvalue weighted by Crippen LogP contribution is -2.16. The summed E-state index contributed by atoms with van der Waals surface area (Å²) in [6.45, 7) is 1.81. The van der Waals surface area contributed by atoms with Crippen molar-refractivity contribution in [3.8, 4) is 0 Å². The predicted molar refractivity (Wildman–Crippen MR) is 91.0 cm³/mol. The molecule has 2 aromatic rings. The smallest absolute Gasteiger partial charge is 0.279 e. The Kier molecular flexibility index (Phi) is 5.24. The van der Waals surface area contributed by atoms with E-state index in [2.05, 4.69) is 21.2 Å². The minimum Gasteiger partial charge on any atom is -0.326 e. The molecule has 124 valence electrons. The van der Waals surface area contributed by atoms with E-state index in [1.807, 2.05) is 13.0 Å². The molecule has 0 heterocycles. The van der Waals surface area contributed by atoms with E-state index in [9.17, 15) is 25.0 Å². The topological polar surface area (TPSA) is 115 Å². The fraction of sp³-hybridized carbons (Fsp3) is 0.133. The van der Waals surface area contributed by atoms with Crippen molar-refractivity contribution in [2.24, 2.45) is 0 Å². The number of rotatable bonds is 5. The zero-order chi connectivity index (χ0) is 17.9. The van der Waals surface area contributed by atoms with Crippen molar-refractivity contribution in [1.82, 2.24) is 0 Å². The Morgan fingerprint density at radius 3 is 2.42 bits per heavy atom. The van der Waals surface area contributed by atoms with Gasteiger partial charge in [0.1, 0.15) is 0 Å². The first kappa shape index (κ1) is 17.5. The van der Waals surface area contributed by atoms with Crippen molar-refractivity contribution in [1.29, 1.82) is 0 Å². The minimum atomic E-state index is -0.736. The number of halogens is 1. The Bertz CT molecular complexity index is 838. The second kappa shape index (κ2) is 7.18. The molecule has 0 unspecified atom stereocenters. The Morgan fingerprint density at radius 2 is 1.83 bits per heavy atom. The third kappa shape index (κ3) is 4.13. The summed E-state index contributed by atoms with van der Waals surface area (Å²) in [6.07, 6.45) is -0.260. The molecule has 0 fully saturated rings. The van der Waals surface area contributed by atoms with Gasteiger partial charge in [0.25, 0.3) is 11.4 Å². The number of hydrogen-bond donors (Lipinski definition) is 1. The molecule has 0 saturated heterocycles. The predicted octanol–water partition coefficient (Wildman–Crippen LogP) is 3.76. The van der Waals surface area contributed by atoms with Crippen LogP contribution in [0, 0.1) is 27.2 Å². The molecule has 1 N–H and O–H groups in total. The van der Waals surface area contributed by atoms with Gasteiger partial charge in [-0.15, -0.1) is 0 Å². The number of nitrogens with one attached hydrogen (secondary N) is 1. The van der Waals surface area contributed by atoms with Crippen molar-refractivity contribution < 1.29 is 14.6 Å². The summed E-state index contributed by atoms with van der Waals surface area (Å²) >= 11 is 3.32. The van der Waals surface area contributed by atoms with Crippen LogP contribution in [0.4, 0.5) is 17.1 Å². The molecule has 0 radical (unpaired) electrons. The number of amides is 1. The van der Waals surface area contributed by atoms with E-state index in [0.717, 1.165) is 22.2 Å². The maximum Gasteiger partial charge on any atom is 0.279 e. The van der Waals surface area contributed by atoms with Crippen LogP contribution in [0.2, 0.25) is 0 Å². The third-order valence-corrected chi connectivity index (χ3v) is 3.78. The molecule has 0 aliphatic carbocycles. The summed E-state index contributed by atoms with van der Waals surface area (Å²) in [5, 5.41) is 24.5. The van der Waals surface area contributed by atoms with Gasteiger partial charge in [-0.05, 0) is 36.8 Å². The molecule has 2 rings (SSSR count). The first-order valence-electron chi connectivity index (χ1n) is 6.75. The molecule has 0 atom stereocenters. The number of carbonyl (C=O) groups is 1. The van der Waals surface area contributed by atoms with Gasteiger partial charge < -0.3 is 5.32 Å². The first-order chi connectivity index (χ1) is 11.3. The number of anilines is 1. The summed E-state index contributed by atoms with van der Waals surface area (Å²) in [5.41, 5.74) is 0.683. The molecule has 0 aliphatic rings. The molecule has 0 spiro atoms. The van der Waals surface area contributed by atoms with Gasteiger partial charge in [0.2, 0.25) is 5.91 Å². The van der Waals surface area contributed by atoms with Gasteiger partial charge in [-0.1, -0.05) is 15.9 Å². The SMILES string of the molecule is Cc1cc(Br)ccc1NC(=O)Cc1ccc([N+](=O)[O-])cc1[N+](=O)[O-].